The highest BCUT2D eigenvalue weighted by molar-refractivity contribution is 7.93. The van der Waals surface area contributed by atoms with Crippen LogP contribution in [0.15, 0.2) is 11.4 Å². The molecule has 0 spiro atoms. The van der Waals surface area contributed by atoms with Gasteiger partial charge in [0.15, 0.2) is 5.78 Å². The van der Waals surface area contributed by atoms with E-state index in [-0.39, 0.29) is 5.78 Å². The summed E-state index contributed by atoms with van der Waals surface area (Å²) < 4.78 is 23.9. The lowest BCUT2D eigenvalue weighted by atomic mass is 10.3. The quantitative estimate of drug-likeness (QED) is 0.643. The number of ketones is 1. The van der Waals surface area contributed by atoms with Gasteiger partial charge in [-0.25, -0.2) is 8.42 Å². The lowest BCUT2D eigenvalue weighted by Gasteiger charge is -2.23. The summed E-state index contributed by atoms with van der Waals surface area (Å²) in [4.78, 5) is 11.9. The maximum absolute atomic E-state index is 11.4. The van der Waals surface area contributed by atoms with Gasteiger partial charge in [0.05, 0.1) is 10.6 Å². The SMILES string of the molecule is CN1c2ccsc2C(=O)CS1(=O)=O. The minimum atomic E-state index is -3.40. The summed E-state index contributed by atoms with van der Waals surface area (Å²) in [6, 6.07) is 1.65. The number of rotatable bonds is 0. The highest BCUT2D eigenvalue weighted by atomic mass is 32.2. The van der Waals surface area contributed by atoms with E-state index in [1.165, 1.54) is 22.7 Å². The zero-order valence-electron chi connectivity index (χ0n) is 6.85. The molecule has 0 radical (unpaired) electrons. The fourth-order valence-corrected chi connectivity index (χ4v) is 3.37. The van der Waals surface area contributed by atoms with Crippen molar-refractivity contribution in [2.24, 2.45) is 0 Å². The van der Waals surface area contributed by atoms with Crippen LogP contribution in [-0.4, -0.2) is 27.0 Å². The van der Waals surface area contributed by atoms with Gasteiger partial charge in [-0.15, -0.1) is 11.3 Å². The van der Waals surface area contributed by atoms with Crippen molar-refractivity contribution >= 4 is 32.8 Å². The predicted octanol–water partition coefficient (Wildman–Crippen LogP) is 0.710. The van der Waals surface area contributed by atoms with E-state index >= 15 is 0 Å². The molecule has 1 aromatic rings. The van der Waals surface area contributed by atoms with Crippen LogP contribution in [0.4, 0.5) is 5.69 Å². The second-order valence-electron chi connectivity index (χ2n) is 2.78. The fourth-order valence-electron chi connectivity index (χ4n) is 1.24. The summed E-state index contributed by atoms with van der Waals surface area (Å²) in [5.74, 6) is -0.708. The van der Waals surface area contributed by atoms with Crippen LogP contribution in [-0.2, 0) is 10.0 Å². The summed E-state index contributed by atoms with van der Waals surface area (Å²) in [7, 11) is -1.94. The van der Waals surface area contributed by atoms with Crippen molar-refractivity contribution in [2.45, 2.75) is 0 Å². The van der Waals surface area contributed by atoms with Crippen molar-refractivity contribution in [3.63, 3.8) is 0 Å². The molecule has 2 heterocycles. The van der Waals surface area contributed by atoms with Gasteiger partial charge in [-0.05, 0) is 11.4 Å². The van der Waals surface area contributed by atoms with E-state index < -0.39 is 15.8 Å². The van der Waals surface area contributed by atoms with Gasteiger partial charge in [0.25, 0.3) is 0 Å². The Bertz CT molecular complexity index is 460. The Balaban J connectivity index is 2.67. The van der Waals surface area contributed by atoms with E-state index in [0.29, 0.717) is 10.6 Å². The number of hydrogen-bond acceptors (Lipinski definition) is 4. The topological polar surface area (TPSA) is 54.5 Å². The van der Waals surface area contributed by atoms with E-state index in [1.54, 1.807) is 11.4 Å². The predicted molar refractivity (Wildman–Crippen MR) is 50.8 cm³/mol. The fraction of sp³-hybridized carbons (Fsp3) is 0.286. The Morgan fingerprint density at radius 2 is 2.23 bits per heavy atom. The molecule has 0 unspecified atom stereocenters. The number of fused-ring (bicyclic) bond motifs is 1. The monoisotopic (exact) mass is 217 g/mol. The van der Waals surface area contributed by atoms with Crippen LogP contribution in [0, 0.1) is 0 Å². The number of nitrogens with zero attached hydrogens (tertiary/aromatic N) is 1. The summed E-state index contributed by atoms with van der Waals surface area (Å²) in [6.45, 7) is 0. The maximum atomic E-state index is 11.4. The zero-order valence-corrected chi connectivity index (χ0v) is 8.48. The van der Waals surface area contributed by atoms with Gasteiger partial charge in [0.1, 0.15) is 5.75 Å². The molecule has 0 bridgehead atoms. The van der Waals surface area contributed by atoms with Gasteiger partial charge in [0, 0.05) is 7.05 Å². The van der Waals surface area contributed by atoms with E-state index in [4.69, 9.17) is 0 Å². The standard InChI is InChI=1S/C7H7NO3S2/c1-8-5-2-3-12-7(5)6(9)4-13(8,10)11/h2-3H,4H2,1H3. The molecule has 0 aliphatic carbocycles. The van der Waals surface area contributed by atoms with Crippen molar-refractivity contribution in [3.05, 3.63) is 16.3 Å². The van der Waals surface area contributed by atoms with Gasteiger partial charge < -0.3 is 0 Å². The van der Waals surface area contributed by atoms with Crippen molar-refractivity contribution in [2.75, 3.05) is 17.1 Å². The van der Waals surface area contributed by atoms with Crippen molar-refractivity contribution in [1.82, 2.24) is 0 Å². The molecule has 0 saturated carbocycles. The lowest BCUT2D eigenvalue weighted by Crippen LogP contribution is -2.36. The Labute approximate surface area is 79.8 Å². The normalized spacial score (nSPS) is 20.1. The third-order valence-corrected chi connectivity index (χ3v) is 4.57. The van der Waals surface area contributed by atoms with Crippen LogP contribution in [0.5, 0.6) is 0 Å². The highest BCUT2D eigenvalue weighted by Crippen LogP contribution is 2.31. The van der Waals surface area contributed by atoms with Gasteiger partial charge >= 0.3 is 0 Å². The number of hydrogen-bond donors (Lipinski definition) is 0. The van der Waals surface area contributed by atoms with E-state index in [1.807, 2.05) is 0 Å². The van der Waals surface area contributed by atoms with Crippen molar-refractivity contribution < 1.29 is 13.2 Å². The second-order valence-corrected chi connectivity index (χ2v) is 5.70. The molecule has 0 aromatic carbocycles. The largest absolute Gasteiger partial charge is 0.292 e. The highest BCUT2D eigenvalue weighted by Gasteiger charge is 2.33. The summed E-state index contributed by atoms with van der Waals surface area (Å²) in [5.41, 5.74) is 0.501. The molecule has 4 nitrogen and oxygen atoms in total. The Kier molecular flexibility index (Phi) is 1.71. The molecule has 2 rings (SSSR count). The molecular weight excluding hydrogens is 210 g/mol. The third-order valence-electron chi connectivity index (χ3n) is 1.97. The zero-order chi connectivity index (χ0) is 9.64. The van der Waals surface area contributed by atoms with E-state index in [9.17, 15) is 13.2 Å². The van der Waals surface area contributed by atoms with Gasteiger partial charge in [-0.3, -0.25) is 9.10 Å². The first-order valence-corrected chi connectivity index (χ1v) is 6.08. The molecule has 0 N–H and O–H groups in total. The molecule has 0 atom stereocenters. The lowest BCUT2D eigenvalue weighted by molar-refractivity contribution is 0.102. The molecule has 1 aromatic heterocycles. The third kappa shape index (κ3) is 1.17. The molecule has 6 heteroatoms. The summed E-state index contributed by atoms with van der Waals surface area (Å²) in [5, 5.41) is 1.72. The Morgan fingerprint density at radius 1 is 1.54 bits per heavy atom. The minimum Gasteiger partial charge on any atom is -0.292 e. The van der Waals surface area contributed by atoms with E-state index in [0.717, 1.165) is 0 Å². The molecule has 0 saturated heterocycles. The molecule has 0 fully saturated rings. The van der Waals surface area contributed by atoms with Gasteiger partial charge in [-0.2, -0.15) is 0 Å². The maximum Gasteiger partial charge on any atom is 0.242 e. The van der Waals surface area contributed by atoms with E-state index in [2.05, 4.69) is 0 Å². The van der Waals surface area contributed by atoms with Crippen LogP contribution >= 0.6 is 11.3 Å². The molecule has 70 valence electrons. The number of thiophene rings is 1. The Morgan fingerprint density at radius 3 is 2.92 bits per heavy atom. The smallest absolute Gasteiger partial charge is 0.242 e. The van der Waals surface area contributed by atoms with Gasteiger partial charge in [0.2, 0.25) is 10.0 Å². The minimum absolute atomic E-state index is 0.303. The van der Waals surface area contributed by atoms with Crippen molar-refractivity contribution in [3.8, 4) is 0 Å². The summed E-state index contributed by atoms with van der Waals surface area (Å²) in [6.07, 6.45) is 0. The first kappa shape index (κ1) is 8.71. The first-order valence-electron chi connectivity index (χ1n) is 3.59. The number of sulfonamides is 1. The number of Topliss-reactive ketones (excluding diaryl/α,β-unsaturated/α-hetero) is 1. The number of carbonyl (C=O) groups excluding carboxylic acids is 1. The van der Waals surface area contributed by atoms with Crippen LogP contribution in [0.1, 0.15) is 9.67 Å². The van der Waals surface area contributed by atoms with Crippen LogP contribution in [0.25, 0.3) is 0 Å². The molecule has 1 aliphatic rings. The van der Waals surface area contributed by atoms with Crippen LogP contribution in [0.2, 0.25) is 0 Å². The number of carbonyl (C=O) groups is 1. The van der Waals surface area contributed by atoms with Crippen molar-refractivity contribution in [1.29, 1.82) is 0 Å². The van der Waals surface area contributed by atoms with Crippen LogP contribution in [0.3, 0.4) is 0 Å². The number of anilines is 1. The first-order chi connectivity index (χ1) is 6.02. The Hall–Kier alpha value is -0.880. The second kappa shape index (κ2) is 2.55. The summed E-state index contributed by atoms with van der Waals surface area (Å²) >= 11 is 1.28. The molecular formula is C7H7NO3S2. The van der Waals surface area contributed by atoms with Crippen LogP contribution < -0.4 is 4.31 Å². The molecule has 0 amide bonds. The molecule has 13 heavy (non-hydrogen) atoms. The average Bonchev–Trinajstić information content (AvgIpc) is 2.47. The average molecular weight is 217 g/mol. The molecule has 1 aliphatic heterocycles. The van der Waals surface area contributed by atoms with Gasteiger partial charge in [-0.1, -0.05) is 0 Å².